The number of benzene rings is 2. The average molecular weight is 406 g/mol. The van der Waals surface area contributed by atoms with Crippen molar-refractivity contribution in [3.05, 3.63) is 72.6 Å². The number of hydrogen-bond donors (Lipinski definition) is 2. The molecule has 1 amide bonds. The van der Waals surface area contributed by atoms with E-state index < -0.39 is 18.1 Å². The number of nitrogens with zero attached hydrogens (tertiary/aromatic N) is 3. The smallest absolute Gasteiger partial charge is 0.414 e. The molecule has 1 heterocycles. The van der Waals surface area contributed by atoms with Gasteiger partial charge in [-0.25, -0.2) is 19.6 Å². The summed E-state index contributed by atoms with van der Waals surface area (Å²) in [5.41, 5.74) is 2.39. The number of ether oxygens (including phenoxy) is 1. The SMILES string of the molecule is CN(C)C(=O)Oc1ccc(C[C@H](Nc2cc(-c3ccccc3)ncn2)C(=O)O)cc1. The van der Waals surface area contributed by atoms with Gasteiger partial charge >= 0.3 is 12.1 Å². The van der Waals surface area contributed by atoms with Gasteiger partial charge in [-0.05, 0) is 17.7 Å². The van der Waals surface area contributed by atoms with Crippen LogP contribution in [0.2, 0.25) is 0 Å². The number of amides is 1. The zero-order valence-electron chi connectivity index (χ0n) is 16.6. The van der Waals surface area contributed by atoms with E-state index >= 15 is 0 Å². The number of hydrogen-bond acceptors (Lipinski definition) is 6. The van der Waals surface area contributed by atoms with Gasteiger partial charge in [0, 0.05) is 32.1 Å². The first kappa shape index (κ1) is 20.8. The first-order chi connectivity index (χ1) is 14.4. The fourth-order valence-electron chi connectivity index (χ4n) is 2.70. The normalized spacial score (nSPS) is 11.4. The highest BCUT2D eigenvalue weighted by molar-refractivity contribution is 5.77. The summed E-state index contributed by atoms with van der Waals surface area (Å²) in [6.07, 6.45) is 1.14. The van der Waals surface area contributed by atoms with Crippen LogP contribution in [0.4, 0.5) is 10.6 Å². The second-order valence-corrected chi connectivity index (χ2v) is 6.80. The minimum atomic E-state index is -1.00. The zero-order valence-corrected chi connectivity index (χ0v) is 16.6. The zero-order chi connectivity index (χ0) is 21.5. The van der Waals surface area contributed by atoms with E-state index in [1.54, 1.807) is 44.4 Å². The fraction of sp³-hybridized carbons (Fsp3) is 0.182. The molecule has 0 saturated carbocycles. The molecule has 3 rings (SSSR count). The van der Waals surface area contributed by atoms with Crippen molar-refractivity contribution < 1.29 is 19.4 Å². The van der Waals surface area contributed by atoms with Gasteiger partial charge in [-0.3, -0.25) is 0 Å². The van der Waals surface area contributed by atoms with Gasteiger partial charge in [0.15, 0.2) is 0 Å². The molecule has 0 saturated heterocycles. The molecule has 0 radical (unpaired) electrons. The maximum atomic E-state index is 11.8. The molecule has 154 valence electrons. The molecule has 1 atom stereocenters. The quantitative estimate of drug-likeness (QED) is 0.620. The molecule has 0 aliphatic rings. The third-order valence-corrected chi connectivity index (χ3v) is 4.29. The molecule has 0 aliphatic heterocycles. The average Bonchev–Trinajstić information content (AvgIpc) is 2.75. The van der Waals surface area contributed by atoms with Gasteiger partial charge in [-0.15, -0.1) is 0 Å². The summed E-state index contributed by atoms with van der Waals surface area (Å²) in [7, 11) is 3.19. The lowest BCUT2D eigenvalue weighted by Gasteiger charge is -2.16. The summed E-state index contributed by atoms with van der Waals surface area (Å²) in [6.45, 7) is 0. The Bertz CT molecular complexity index is 1010. The van der Waals surface area contributed by atoms with E-state index in [2.05, 4.69) is 15.3 Å². The molecule has 0 fully saturated rings. The van der Waals surface area contributed by atoms with Gasteiger partial charge in [0.1, 0.15) is 23.9 Å². The van der Waals surface area contributed by atoms with Crippen LogP contribution in [0, 0.1) is 0 Å². The van der Waals surface area contributed by atoms with Crippen molar-refractivity contribution in [1.29, 1.82) is 0 Å². The number of carbonyl (C=O) groups excluding carboxylic acids is 1. The summed E-state index contributed by atoms with van der Waals surface area (Å²) in [6, 6.07) is 17.1. The van der Waals surface area contributed by atoms with Crippen molar-refractivity contribution in [2.45, 2.75) is 12.5 Å². The molecule has 0 unspecified atom stereocenters. The second kappa shape index (κ2) is 9.51. The number of nitrogens with one attached hydrogen (secondary N) is 1. The summed E-state index contributed by atoms with van der Waals surface area (Å²) in [4.78, 5) is 33.1. The summed E-state index contributed by atoms with van der Waals surface area (Å²) in [5.74, 6) is -0.189. The van der Waals surface area contributed by atoms with E-state index in [-0.39, 0.29) is 6.42 Å². The van der Waals surface area contributed by atoms with Crippen LogP contribution in [-0.4, -0.2) is 52.2 Å². The lowest BCUT2D eigenvalue weighted by atomic mass is 10.1. The number of aromatic nitrogens is 2. The molecule has 0 bridgehead atoms. The highest BCUT2D eigenvalue weighted by atomic mass is 16.6. The van der Waals surface area contributed by atoms with Gasteiger partial charge < -0.3 is 20.1 Å². The Kier molecular flexibility index (Phi) is 6.59. The van der Waals surface area contributed by atoms with Crippen LogP contribution >= 0.6 is 0 Å². The van der Waals surface area contributed by atoms with Crippen LogP contribution in [0.1, 0.15) is 5.56 Å². The number of carboxylic acid groups (broad SMARTS) is 1. The van der Waals surface area contributed by atoms with Crippen molar-refractivity contribution in [3.8, 4) is 17.0 Å². The van der Waals surface area contributed by atoms with E-state index in [4.69, 9.17) is 4.74 Å². The van der Waals surface area contributed by atoms with Crippen molar-refractivity contribution in [2.75, 3.05) is 19.4 Å². The molecular weight excluding hydrogens is 384 g/mol. The van der Waals surface area contributed by atoms with Crippen molar-refractivity contribution in [1.82, 2.24) is 14.9 Å². The second-order valence-electron chi connectivity index (χ2n) is 6.80. The first-order valence-corrected chi connectivity index (χ1v) is 9.27. The molecule has 8 heteroatoms. The Morgan fingerprint density at radius 2 is 1.77 bits per heavy atom. The number of aliphatic carboxylic acids is 1. The molecule has 30 heavy (non-hydrogen) atoms. The number of anilines is 1. The van der Waals surface area contributed by atoms with E-state index in [9.17, 15) is 14.7 Å². The largest absolute Gasteiger partial charge is 0.480 e. The monoisotopic (exact) mass is 406 g/mol. The summed E-state index contributed by atoms with van der Waals surface area (Å²) in [5, 5.41) is 12.6. The third-order valence-electron chi connectivity index (χ3n) is 4.29. The first-order valence-electron chi connectivity index (χ1n) is 9.27. The Hall–Kier alpha value is -3.94. The van der Waals surface area contributed by atoms with E-state index in [1.165, 1.54) is 11.2 Å². The number of rotatable bonds is 7. The van der Waals surface area contributed by atoms with Crippen LogP contribution < -0.4 is 10.1 Å². The highest BCUT2D eigenvalue weighted by Gasteiger charge is 2.19. The van der Waals surface area contributed by atoms with E-state index in [1.807, 2.05) is 30.3 Å². The Labute approximate surface area is 174 Å². The van der Waals surface area contributed by atoms with E-state index in [0.29, 0.717) is 17.3 Å². The predicted molar refractivity (Wildman–Crippen MR) is 112 cm³/mol. The minimum absolute atomic E-state index is 0.224. The fourth-order valence-corrected chi connectivity index (χ4v) is 2.70. The van der Waals surface area contributed by atoms with Crippen LogP contribution in [0.3, 0.4) is 0 Å². The Morgan fingerprint density at radius 3 is 2.40 bits per heavy atom. The summed E-state index contributed by atoms with van der Waals surface area (Å²) < 4.78 is 5.17. The third kappa shape index (κ3) is 5.54. The van der Waals surface area contributed by atoms with Gasteiger partial charge in [0.05, 0.1) is 5.69 Å². The van der Waals surface area contributed by atoms with Crippen LogP contribution in [0.15, 0.2) is 67.0 Å². The molecule has 1 aromatic heterocycles. The number of carboxylic acids is 1. The number of carbonyl (C=O) groups is 2. The van der Waals surface area contributed by atoms with Gasteiger partial charge in [0.2, 0.25) is 0 Å². The predicted octanol–water partition coefficient (Wildman–Crippen LogP) is 3.31. The Morgan fingerprint density at radius 1 is 1.07 bits per heavy atom. The lowest BCUT2D eigenvalue weighted by molar-refractivity contribution is -0.137. The van der Waals surface area contributed by atoms with Gasteiger partial charge in [-0.1, -0.05) is 42.5 Å². The van der Waals surface area contributed by atoms with Crippen molar-refractivity contribution in [3.63, 3.8) is 0 Å². The van der Waals surface area contributed by atoms with Gasteiger partial charge in [-0.2, -0.15) is 0 Å². The molecule has 8 nitrogen and oxygen atoms in total. The lowest BCUT2D eigenvalue weighted by Crippen LogP contribution is -2.32. The standard InChI is InChI=1S/C22H22N4O4/c1-26(2)22(29)30-17-10-8-15(9-11-17)12-19(21(27)28)25-20-13-18(23-14-24-20)16-6-4-3-5-7-16/h3-11,13-14,19H,12H2,1-2H3,(H,27,28)(H,23,24,25)/t19-/m0/s1. The van der Waals surface area contributed by atoms with Crippen molar-refractivity contribution in [2.24, 2.45) is 0 Å². The van der Waals surface area contributed by atoms with Crippen LogP contribution in [-0.2, 0) is 11.2 Å². The van der Waals surface area contributed by atoms with E-state index in [0.717, 1.165) is 11.1 Å². The molecule has 0 aliphatic carbocycles. The van der Waals surface area contributed by atoms with Gasteiger partial charge in [0.25, 0.3) is 0 Å². The van der Waals surface area contributed by atoms with Crippen LogP contribution in [0.5, 0.6) is 5.75 Å². The van der Waals surface area contributed by atoms with Crippen LogP contribution in [0.25, 0.3) is 11.3 Å². The molecule has 2 N–H and O–H groups in total. The molecule has 0 spiro atoms. The minimum Gasteiger partial charge on any atom is -0.480 e. The molecular formula is C22H22N4O4. The maximum Gasteiger partial charge on any atom is 0.414 e. The highest BCUT2D eigenvalue weighted by Crippen LogP contribution is 2.20. The molecule has 3 aromatic rings. The topological polar surface area (TPSA) is 105 Å². The van der Waals surface area contributed by atoms with Crippen molar-refractivity contribution >= 4 is 17.9 Å². The Balaban J connectivity index is 1.70. The maximum absolute atomic E-state index is 11.8. The molecule has 2 aromatic carbocycles. The summed E-state index contributed by atoms with van der Waals surface area (Å²) >= 11 is 0.